The van der Waals surface area contributed by atoms with Crippen molar-refractivity contribution in [1.29, 1.82) is 0 Å². The zero-order valence-electron chi connectivity index (χ0n) is 10.8. The van der Waals surface area contributed by atoms with Crippen molar-refractivity contribution in [3.8, 4) is 0 Å². The molecule has 2 atom stereocenters. The molecule has 0 saturated carbocycles. The summed E-state index contributed by atoms with van der Waals surface area (Å²) >= 11 is 1.55. The molecular formula is C12H18N2O3S. The van der Waals surface area contributed by atoms with Crippen molar-refractivity contribution < 1.29 is 14.7 Å². The van der Waals surface area contributed by atoms with Crippen molar-refractivity contribution in [3.63, 3.8) is 0 Å². The SMILES string of the molecule is Cc1cnc(C(C)NC(=O)CC(C)CC(=O)O)s1. The van der Waals surface area contributed by atoms with Crippen molar-refractivity contribution in [2.75, 3.05) is 0 Å². The minimum atomic E-state index is -0.876. The number of carbonyl (C=O) groups is 2. The second-order valence-electron chi connectivity index (χ2n) is 4.51. The van der Waals surface area contributed by atoms with E-state index in [1.54, 1.807) is 24.5 Å². The molecule has 0 fully saturated rings. The molecule has 2 unspecified atom stereocenters. The van der Waals surface area contributed by atoms with Crippen LogP contribution in [0.5, 0.6) is 0 Å². The Morgan fingerprint density at radius 1 is 1.44 bits per heavy atom. The second kappa shape index (κ2) is 6.49. The third-order valence-corrected chi connectivity index (χ3v) is 3.54. The summed E-state index contributed by atoms with van der Waals surface area (Å²) in [5.41, 5.74) is 0. The highest BCUT2D eigenvalue weighted by Crippen LogP contribution is 2.19. The monoisotopic (exact) mass is 270 g/mol. The number of carboxylic acids is 1. The van der Waals surface area contributed by atoms with Gasteiger partial charge in [-0.05, 0) is 19.8 Å². The van der Waals surface area contributed by atoms with Gasteiger partial charge in [0, 0.05) is 23.9 Å². The predicted molar refractivity (Wildman–Crippen MR) is 69.4 cm³/mol. The molecule has 1 amide bonds. The van der Waals surface area contributed by atoms with E-state index >= 15 is 0 Å². The van der Waals surface area contributed by atoms with Crippen LogP contribution in [0.3, 0.4) is 0 Å². The van der Waals surface area contributed by atoms with Gasteiger partial charge in [0.1, 0.15) is 5.01 Å². The molecular weight excluding hydrogens is 252 g/mol. The van der Waals surface area contributed by atoms with E-state index in [1.807, 2.05) is 13.8 Å². The lowest BCUT2D eigenvalue weighted by Gasteiger charge is -2.13. The fourth-order valence-corrected chi connectivity index (χ4v) is 2.40. The number of nitrogens with one attached hydrogen (secondary N) is 1. The van der Waals surface area contributed by atoms with E-state index in [2.05, 4.69) is 10.3 Å². The summed E-state index contributed by atoms with van der Waals surface area (Å²) in [6, 6.07) is -0.131. The highest BCUT2D eigenvalue weighted by Gasteiger charge is 2.16. The van der Waals surface area contributed by atoms with Crippen molar-refractivity contribution >= 4 is 23.2 Å². The molecule has 0 saturated heterocycles. The summed E-state index contributed by atoms with van der Waals surface area (Å²) in [5.74, 6) is -1.17. The minimum absolute atomic E-state index is 0.0121. The zero-order chi connectivity index (χ0) is 13.7. The van der Waals surface area contributed by atoms with E-state index in [0.29, 0.717) is 0 Å². The van der Waals surface area contributed by atoms with Crippen LogP contribution in [0.2, 0.25) is 0 Å². The maximum absolute atomic E-state index is 11.7. The van der Waals surface area contributed by atoms with E-state index in [4.69, 9.17) is 5.11 Å². The second-order valence-corrected chi connectivity index (χ2v) is 5.77. The Morgan fingerprint density at radius 3 is 2.61 bits per heavy atom. The highest BCUT2D eigenvalue weighted by atomic mass is 32.1. The van der Waals surface area contributed by atoms with Crippen LogP contribution in [0.15, 0.2) is 6.20 Å². The number of hydrogen-bond donors (Lipinski definition) is 2. The van der Waals surface area contributed by atoms with Crippen LogP contribution in [0.25, 0.3) is 0 Å². The summed E-state index contributed by atoms with van der Waals surface area (Å²) in [6.07, 6.45) is 2.01. The lowest BCUT2D eigenvalue weighted by molar-refractivity contribution is -0.138. The number of thiazole rings is 1. The van der Waals surface area contributed by atoms with Crippen LogP contribution in [-0.2, 0) is 9.59 Å². The van der Waals surface area contributed by atoms with Crippen LogP contribution >= 0.6 is 11.3 Å². The van der Waals surface area contributed by atoms with Crippen LogP contribution in [0.4, 0.5) is 0 Å². The first-order valence-corrected chi connectivity index (χ1v) is 6.63. The van der Waals surface area contributed by atoms with E-state index in [-0.39, 0.29) is 30.7 Å². The molecule has 0 aliphatic carbocycles. The number of carbonyl (C=O) groups excluding carboxylic acids is 1. The Bertz CT molecular complexity index is 431. The van der Waals surface area contributed by atoms with Crippen molar-refractivity contribution in [3.05, 3.63) is 16.1 Å². The number of carboxylic acid groups (broad SMARTS) is 1. The molecule has 100 valence electrons. The molecule has 1 heterocycles. The topological polar surface area (TPSA) is 79.3 Å². The zero-order valence-corrected chi connectivity index (χ0v) is 11.6. The van der Waals surface area contributed by atoms with Gasteiger partial charge in [0.25, 0.3) is 0 Å². The molecule has 1 aromatic rings. The lowest BCUT2D eigenvalue weighted by Crippen LogP contribution is -2.28. The van der Waals surface area contributed by atoms with Gasteiger partial charge in [-0.2, -0.15) is 0 Å². The van der Waals surface area contributed by atoms with Crippen LogP contribution in [-0.4, -0.2) is 22.0 Å². The smallest absolute Gasteiger partial charge is 0.303 e. The van der Waals surface area contributed by atoms with Crippen molar-refractivity contribution in [1.82, 2.24) is 10.3 Å². The Kier molecular flexibility index (Phi) is 5.27. The number of nitrogens with zero attached hydrogens (tertiary/aromatic N) is 1. The molecule has 18 heavy (non-hydrogen) atoms. The quantitative estimate of drug-likeness (QED) is 0.830. The van der Waals surface area contributed by atoms with Gasteiger partial charge in [0.15, 0.2) is 0 Å². The summed E-state index contributed by atoms with van der Waals surface area (Å²) in [5, 5.41) is 12.3. The number of aromatic nitrogens is 1. The number of aryl methyl sites for hydroxylation is 1. The summed E-state index contributed by atoms with van der Waals surface area (Å²) in [4.78, 5) is 27.5. The first-order chi connectivity index (χ1) is 8.38. The molecule has 0 bridgehead atoms. The van der Waals surface area contributed by atoms with Crippen LogP contribution in [0, 0.1) is 12.8 Å². The summed E-state index contributed by atoms with van der Waals surface area (Å²) < 4.78 is 0. The molecule has 1 aromatic heterocycles. The first-order valence-electron chi connectivity index (χ1n) is 5.82. The van der Waals surface area contributed by atoms with E-state index in [0.717, 1.165) is 9.88 Å². The van der Waals surface area contributed by atoms with Gasteiger partial charge in [0.2, 0.25) is 5.91 Å². The molecule has 1 rings (SSSR count). The van der Waals surface area contributed by atoms with Crippen molar-refractivity contribution in [2.45, 2.75) is 39.7 Å². The summed E-state index contributed by atoms with van der Waals surface area (Å²) in [7, 11) is 0. The van der Waals surface area contributed by atoms with Gasteiger partial charge < -0.3 is 10.4 Å². The molecule has 0 radical (unpaired) electrons. The third-order valence-electron chi connectivity index (χ3n) is 2.44. The maximum Gasteiger partial charge on any atom is 0.303 e. The number of amides is 1. The first kappa shape index (κ1) is 14.6. The third kappa shape index (κ3) is 4.83. The van der Waals surface area contributed by atoms with Gasteiger partial charge in [-0.25, -0.2) is 4.98 Å². The molecule has 0 aliphatic heterocycles. The standard InChI is InChI=1S/C12H18N2O3S/c1-7(5-11(16)17)4-10(15)14-9(3)12-13-6-8(2)18-12/h6-7,9H,4-5H2,1-3H3,(H,14,15)(H,16,17). The number of aliphatic carboxylic acids is 1. The molecule has 0 aromatic carbocycles. The van der Waals surface area contributed by atoms with E-state index in [9.17, 15) is 9.59 Å². The maximum atomic E-state index is 11.7. The number of hydrogen-bond acceptors (Lipinski definition) is 4. The van der Waals surface area contributed by atoms with Gasteiger partial charge in [0.05, 0.1) is 6.04 Å². The average Bonchev–Trinajstić information content (AvgIpc) is 2.62. The van der Waals surface area contributed by atoms with E-state index in [1.165, 1.54) is 0 Å². The molecule has 6 heteroatoms. The Hall–Kier alpha value is -1.43. The van der Waals surface area contributed by atoms with Gasteiger partial charge >= 0.3 is 5.97 Å². The molecule has 2 N–H and O–H groups in total. The highest BCUT2D eigenvalue weighted by molar-refractivity contribution is 7.11. The van der Waals surface area contributed by atoms with Gasteiger partial charge in [-0.15, -0.1) is 11.3 Å². The van der Waals surface area contributed by atoms with E-state index < -0.39 is 5.97 Å². The van der Waals surface area contributed by atoms with Crippen LogP contribution in [0.1, 0.15) is 42.6 Å². The van der Waals surface area contributed by atoms with Crippen LogP contribution < -0.4 is 5.32 Å². The Labute approximate surface area is 110 Å². The van der Waals surface area contributed by atoms with Gasteiger partial charge in [-0.1, -0.05) is 6.92 Å². The average molecular weight is 270 g/mol. The molecule has 5 nitrogen and oxygen atoms in total. The Morgan fingerprint density at radius 2 is 2.11 bits per heavy atom. The fraction of sp³-hybridized carbons (Fsp3) is 0.583. The van der Waals surface area contributed by atoms with Gasteiger partial charge in [-0.3, -0.25) is 9.59 Å². The largest absolute Gasteiger partial charge is 0.481 e. The van der Waals surface area contributed by atoms with Crippen molar-refractivity contribution in [2.24, 2.45) is 5.92 Å². The lowest BCUT2D eigenvalue weighted by atomic mass is 10.0. The number of rotatable bonds is 6. The summed E-state index contributed by atoms with van der Waals surface area (Å²) in [6.45, 7) is 5.59. The molecule has 0 spiro atoms. The normalized spacial score (nSPS) is 13.9. The predicted octanol–water partition coefficient (Wildman–Crippen LogP) is 2.13. The fourth-order valence-electron chi connectivity index (χ4n) is 1.62. The minimum Gasteiger partial charge on any atom is -0.481 e. The molecule has 0 aliphatic rings. The Balaban J connectivity index is 2.42.